The van der Waals surface area contributed by atoms with E-state index in [4.69, 9.17) is 28.7 Å². The van der Waals surface area contributed by atoms with Crippen LogP contribution < -0.4 is 49.9 Å². The highest BCUT2D eigenvalue weighted by Gasteiger charge is 2.29. The van der Waals surface area contributed by atoms with Gasteiger partial charge in [-0.15, -0.1) is 0 Å². The van der Waals surface area contributed by atoms with Crippen molar-refractivity contribution in [2.75, 3.05) is 32.7 Å². The van der Waals surface area contributed by atoms with Crippen LogP contribution in [0.25, 0.3) is 11.1 Å². The van der Waals surface area contributed by atoms with Gasteiger partial charge in [0.1, 0.15) is 23.6 Å². The second kappa shape index (κ2) is 21.6. The number of nitrogens with two attached hydrogens (primary N) is 5. The van der Waals surface area contributed by atoms with Crippen LogP contribution in [0.1, 0.15) is 56.1 Å². The van der Waals surface area contributed by atoms with Crippen molar-refractivity contribution in [3.8, 4) is 22.6 Å². The molecule has 0 spiro atoms. The van der Waals surface area contributed by atoms with Crippen LogP contribution in [0.5, 0.6) is 11.5 Å². The number of rotatable bonds is 22. The van der Waals surface area contributed by atoms with Crippen molar-refractivity contribution in [1.29, 1.82) is 0 Å². The molecular weight excluding hydrogens is 630 g/mol. The Morgan fingerprint density at radius 2 is 1.31 bits per heavy atom. The third-order valence-corrected chi connectivity index (χ3v) is 8.08. The Hall–Kier alpha value is -4.28. The van der Waals surface area contributed by atoms with Crippen LogP contribution in [-0.2, 0) is 25.6 Å². The first-order valence-electron chi connectivity index (χ1n) is 16.8. The Morgan fingerprint density at radius 1 is 0.714 bits per heavy atom. The van der Waals surface area contributed by atoms with E-state index in [9.17, 15) is 29.4 Å². The molecule has 0 fully saturated rings. The van der Waals surface area contributed by atoms with E-state index in [0.717, 1.165) is 12.0 Å². The summed E-state index contributed by atoms with van der Waals surface area (Å²) in [7, 11) is 0. The monoisotopic (exact) mass is 685 g/mol. The van der Waals surface area contributed by atoms with Crippen LogP contribution >= 0.6 is 0 Å². The standard InChI is InChI=1S/C34H55N9O6/c1-21-15-22(8-10-29(21)44)23-9-11-30(45)24(16-23)17-28(43-33(48)27(7-4-14-37)42-32(47)19-38)34(49)41-26(6-3-13-36)18-31(46)40-20-25(39)5-2-12-35/h8-11,15-16,25-28,44-45H,2-7,12-14,17-20,35-39H2,1H3,(H,40,46)(H,41,49)(H,42,47)(H,43,48)/t25-,26-,27-,28-/m0/s1. The summed E-state index contributed by atoms with van der Waals surface area (Å²) in [4.78, 5) is 52.4. The fraction of sp³-hybridized carbons (Fsp3) is 0.529. The number of carbonyl (C=O) groups is 4. The molecule has 272 valence electrons. The van der Waals surface area contributed by atoms with E-state index < -0.39 is 35.8 Å². The fourth-order valence-electron chi connectivity index (χ4n) is 5.22. The van der Waals surface area contributed by atoms with E-state index in [1.165, 1.54) is 6.07 Å². The van der Waals surface area contributed by atoms with Gasteiger partial charge in [-0.1, -0.05) is 12.1 Å². The Balaban J connectivity index is 2.38. The molecule has 0 heterocycles. The molecule has 16 N–H and O–H groups in total. The third kappa shape index (κ3) is 14.4. The minimum Gasteiger partial charge on any atom is -0.508 e. The molecule has 4 atom stereocenters. The summed E-state index contributed by atoms with van der Waals surface area (Å²) in [5.74, 6) is -2.07. The average molecular weight is 686 g/mol. The molecule has 0 aliphatic carbocycles. The minimum atomic E-state index is -1.22. The molecular formula is C34H55N9O6. The fourth-order valence-corrected chi connectivity index (χ4v) is 5.22. The van der Waals surface area contributed by atoms with Gasteiger partial charge in [0.05, 0.1) is 6.54 Å². The Kier molecular flexibility index (Phi) is 18.1. The van der Waals surface area contributed by atoms with E-state index in [1.54, 1.807) is 37.3 Å². The number of phenols is 2. The summed E-state index contributed by atoms with van der Waals surface area (Å²) in [5.41, 5.74) is 30.9. The van der Waals surface area contributed by atoms with Crippen molar-refractivity contribution in [2.24, 2.45) is 28.7 Å². The first kappa shape index (κ1) is 40.9. The topological polar surface area (TPSA) is 287 Å². The number of hydrogen-bond acceptors (Lipinski definition) is 11. The second-order valence-corrected chi connectivity index (χ2v) is 12.2. The summed E-state index contributed by atoms with van der Waals surface area (Å²) in [5, 5.41) is 31.8. The normalized spacial score (nSPS) is 13.5. The summed E-state index contributed by atoms with van der Waals surface area (Å²) in [6.45, 7) is 2.78. The molecule has 15 nitrogen and oxygen atoms in total. The average Bonchev–Trinajstić information content (AvgIpc) is 3.08. The molecule has 0 unspecified atom stereocenters. The number of carbonyl (C=O) groups excluding carboxylic acids is 4. The smallest absolute Gasteiger partial charge is 0.243 e. The number of nitrogens with one attached hydrogen (secondary N) is 4. The first-order chi connectivity index (χ1) is 23.4. The highest BCUT2D eigenvalue weighted by atomic mass is 16.3. The van der Waals surface area contributed by atoms with Crippen LogP contribution in [0, 0.1) is 6.92 Å². The summed E-state index contributed by atoms with van der Waals surface area (Å²) in [6, 6.07) is 6.84. The van der Waals surface area contributed by atoms with Crippen molar-refractivity contribution in [2.45, 2.75) is 82.5 Å². The Bertz CT molecular complexity index is 1380. The quantitative estimate of drug-likeness (QED) is 0.0720. The van der Waals surface area contributed by atoms with Gasteiger partial charge in [-0.3, -0.25) is 19.2 Å². The number of hydrogen-bond donors (Lipinski definition) is 11. The van der Waals surface area contributed by atoms with Crippen LogP contribution in [0.2, 0.25) is 0 Å². The maximum absolute atomic E-state index is 13.9. The van der Waals surface area contributed by atoms with Gasteiger partial charge in [-0.05, 0) is 112 Å². The molecule has 15 heteroatoms. The van der Waals surface area contributed by atoms with Gasteiger partial charge in [-0.2, -0.15) is 0 Å². The Labute approximate surface area is 288 Å². The van der Waals surface area contributed by atoms with E-state index in [0.29, 0.717) is 55.5 Å². The molecule has 2 aromatic carbocycles. The summed E-state index contributed by atoms with van der Waals surface area (Å²) < 4.78 is 0. The molecule has 0 aliphatic rings. The highest BCUT2D eigenvalue weighted by Crippen LogP contribution is 2.30. The SMILES string of the molecule is Cc1cc(-c2ccc(O)c(C[C@H](NC(=O)[C@H](CCCN)NC(=O)CN)C(=O)N[C@@H](CCCN)CC(=O)NC[C@@H](N)CCCN)c2)ccc1O. The lowest BCUT2D eigenvalue weighted by molar-refractivity contribution is -0.132. The zero-order valence-electron chi connectivity index (χ0n) is 28.4. The number of aromatic hydroxyl groups is 2. The first-order valence-corrected chi connectivity index (χ1v) is 16.8. The lowest BCUT2D eigenvalue weighted by Crippen LogP contribution is -2.56. The molecule has 0 saturated carbocycles. The summed E-state index contributed by atoms with van der Waals surface area (Å²) in [6.07, 6.45) is 2.74. The Morgan fingerprint density at radius 3 is 1.94 bits per heavy atom. The lowest BCUT2D eigenvalue weighted by Gasteiger charge is -2.26. The van der Waals surface area contributed by atoms with Crippen LogP contribution in [0.4, 0.5) is 0 Å². The maximum atomic E-state index is 13.9. The minimum absolute atomic E-state index is 0.0529. The van der Waals surface area contributed by atoms with Crippen molar-refractivity contribution in [1.82, 2.24) is 21.3 Å². The van der Waals surface area contributed by atoms with E-state index in [2.05, 4.69) is 21.3 Å². The molecule has 0 bridgehead atoms. The van der Waals surface area contributed by atoms with Gasteiger partial charge in [0.25, 0.3) is 0 Å². The summed E-state index contributed by atoms with van der Waals surface area (Å²) >= 11 is 0. The lowest BCUT2D eigenvalue weighted by atomic mass is 9.96. The van der Waals surface area contributed by atoms with Crippen molar-refractivity contribution >= 4 is 23.6 Å². The molecule has 0 aromatic heterocycles. The van der Waals surface area contributed by atoms with E-state index >= 15 is 0 Å². The van der Waals surface area contributed by atoms with Crippen molar-refractivity contribution < 1.29 is 29.4 Å². The molecule has 2 aromatic rings. The predicted molar refractivity (Wildman–Crippen MR) is 189 cm³/mol. The largest absolute Gasteiger partial charge is 0.508 e. The van der Waals surface area contributed by atoms with Crippen LogP contribution in [-0.4, -0.2) is 90.7 Å². The number of aryl methyl sites for hydroxylation is 1. The van der Waals surface area contributed by atoms with Gasteiger partial charge < -0.3 is 60.1 Å². The van der Waals surface area contributed by atoms with Crippen molar-refractivity contribution in [3.63, 3.8) is 0 Å². The third-order valence-electron chi connectivity index (χ3n) is 8.08. The molecule has 4 amide bonds. The zero-order chi connectivity index (χ0) is 36.3. The van der Waals surface area contributed by atoms with Crippen molar-refractivity contribution in [3.05, 3.63) is 47.5 Å². The molecule has 49 heavy (non-hydrogen) atoms. The molecule has 0 radical (unpaired) electrons. The van der Waals surface area contributed by atoms with Gasteiger partial charge in [0.2, 0.25) is 23.6 Å². The molecule has 2 rings (SSSR count). The zero-order valence-corrected chi connectivity index (χ0v) is 28.4. The molecule has 0 aliphatic heterocycles. The van der Waals surface area contributed by atoms with Crippen LogP contribution in [0.3, 0.4) is 0 Å². The number of amides is 4. The second-order valence-electron chi connectivity index (χ2n) is 12.2. The predicted octanol–water partition coefficient (Wildman–Crippen LogP) is -0.921. The van der Waals surface area contributed by atoms with Gasteiger partial charge in [-0.25, -0.2) is 0 Å². The maximum Gasteiger partial charge on any atom is 0.243 e. The molecule has 0 saturated heterocycles. The number of benzene rings is 2. The van der Waals surface area contributed by atoms with E-state index in [-0.39, 0.29) is 62.3 Å². The van der Waals surface area contributed by atoms with Crippen LogP contribution in [0.15, 0.2) is 36.4 Å². The number of phenolic OH excluding ortho intramolecular Hbond substituents is 2. The highest BCUT2D eigenvalue weighted by molar-refractivity contribution is 5.93. The van der Waals surface area contributed by atoms with Gasteiger partial charge >= 0.3 is 0 Å². The van der Waals surface area contributed by atoms with Gasteiger partial charge in [0.15, 0.2) is 0 Å². The van der Waals surface area contributed by atoms with E-state index in [1.807, 2.05) is 0 Å². The van der Waals surface area contributed by atoms with Gasteiger partial charge in [0, 0.05) is 31.5 Å².